The lowest BCUT2D eigenvalue weighted by Crippen LogP contribution is -2.30. The van der Waals surface area contributed by atoms with Gasteiger partial charge in [-0.05, 0) is 11.1 Å². The lowest BCUT2D eigenvalue weighted by Gasteiger charge is -2.12. The molecule has 0 saturated heterocycles. The van der Waals surface area contributed by atoms with Crippen molar-refractivity contribution in [3.63, 3.8) is 0 Å². The number of amides is 1. The number of aliphatic hydroxyl groups excluding tert-OH is 1. The Morgan fingerprint density at radius 2 is 1.75 bits per heavy atom. The van der Waals surface area contributed by atoms with Crippen LogP contribution in [-0.4, -0.2) is 20.6 Å². The van der Waals surface area contributed by atoms with E-state index in [1.165, 1.54) is 0 Å². The Balaban J connectivity index is 1.61. The van der Waals surface area contributed by atoms with Crippen LogP contribution in [0.25, 0.3) is 0 Å². The molecule has 0 bridgehead atoms. The lowest BCUT2D eigenvalue weighted by molar-refractivity contribution is -0.129. The molecule has 0 radical (unpaired) electrons. The number of imidazole rings is 1. The second-order valence-corrected chi connectivity index (χ2v) is 5.49. The third-order valence-corrected chi connectivity index (χ3v) is 3.78. The zero-order chi connectivity index (χ0) is 16.8. The maximum absolute atomic E-state index is 12.1. The maximum Gasteiger partial charge on any atom is 0.253 e. The number of carbonyl (C=O) groups is 1. The van der Waals surface area contributed by atoms with Crippen LogP contribution in [0.1, 0.15) is 23.1 Å². The van der Waals surface area contributed by atoms with Crippen molar-refractivity contribution in [3.8, 4) is 0 Å². The van der Waals surface area contributed by atoms with Gasteiger partial charge < -0.3 is 15.0 Å². The molecule has 0 aliphatic rings. The minimum Gasteiger partial charge on any atom is -0.378 e. The molecule has 5 nitrogen and oxygen atoms in total. The Morgan fingerprint density at radius 3 is 2.46 bits per heavy atom. The number of nitrogens with zero attached hydrogens (tertiary/aromatic N) is 2. The van der Waals surface area contributed by atoms with E-state index in [2.05, 4.69) is 10.3 Å². The monoisotopic (exact) mass is 321 g/mol. The van der Waals surface area contributed by atoms with Crippen LogP contribution in [0, 0.1) is 0 Å². The second-order valence-electron chi connectivity index (χ2n) is 5.49. The van der Waals surface area contributed by atoms with E-state index in [0.717, 1.165) is 11.4 Å². The Kier molecular flexibility index (Phi) is 5.03. The van der Waals surface area contributed by atoms with E-state index in [4.69, 9.17) is 0 Å². The Labute approximate surface area is 140 Å². The van der Waals surface area contributed by atoms with Crippen molar-refractivity contribution in [3.05, 3.63) is 90.0 Å². The van der Waals surface area contributed by atoms with Crippen LogP contribution in [-0.2, 0) is 17.9 Å². The van der Waals surface area contributed by atoms with Gasteiger partial charge in [-0.25, -0.2) is 4.98 Å². The number of hydrogen-bond donors (Lipinski definition) is 2. The molecule has 5 heteroatoms. The average molecular weight is 321 g/mol. The summed E-state index contributed by atoms with van der Waals surface area (Å²) in [5.41, 5.74) is 1.73. The molecule has 1 heterocycles. The minimum absolute atomic E-state index is 0.266. The smallest absolute Gasteiger partial charge is 0.253 e. The van der Waals surface area contributed by atoms with E-state index >= 15 is 0 Å². The molecular weight excluding hydrogens is 302 g/mol. The standard InChI is InChI=1S/C19H19N3O2/c23-18(16-9-5-2-6-10-16)19(24)21-13-17-20-11-12-22(17)14-15-7-3-1-4-8-15/h1-12,18,23H,13-14H2,(H,21,24). The number of carbonyl (C=O) groups excluding carboxylic acids is 1. The fourth-order valence-electron chi connectivity index (χ4n) is 2.48. The molecule has 2 N–H and O–H groups in total. The molecule has 1 unspecified atom stereocenters. The summed E-state index contributed by atoms with van der Waals surface area (Å²) in [6.45, 7) is 0.954. The quantitative estimate of drug-likeness (QED) is 0.732. The molecule has 24 heavy (non-hydrogen) atoms. The van der Waals surface area contributed by atoms with Gasteiger partial charge >= 0.3 is 0 Å². The first kappa shape index (κ1) is 16.0. The number of rotatable bonds is 6. The zero-order valence-corrected chi connectivity index (χ0v) is 13.2. The Bertz CT molecular complexity index is 785. The van der Waals surface area contributed by atoms with Crippen LogP contribution in [0.5, 0.6) is 0 Å². The molecule has 0 saturated carbocycles. The lowest BCUT2D eigenvalue weighted by atomic mass is 10.1. The van der Waals surface area contributed by atoms with Crippen molar-refractivity contribution in [1.29, 1.82) is 0 Å². The van der Waals surface area contributed by atoms with Crippen LogP contribution < -0.4 is 5.32 Å². The largest absolute Gasteiger partial charge is 0.378 e. The molecule has 0 fully saturated rings. The highest BCUT2D eigenvalue weighted by molar-refractivity contribution is 5.81. The van der Waals surface area contributed by atoms with Crippen LogP contribution in [0.4, 0.5) is 0 Å². The minimum atomic E-state index is -1.18. The third-order valence-electron chi connectivity index (χ3n) is 3.78. The van der Waals surface area contributed by atoms with Crippen molar-refractivity contribution in [1.82, 2.24) is 14.9 Å². The van der Waals surface area contributed by atoms with Crippen molar-refractivity contribution in [2.75, 3.05) is 0 Å². The van der Waals surface area contributed by atoms with Crippen LogP contribution >= 0.6 is 0 Å². The van der Waals surface area contributed by atoms with Gasteiger partial charge in [-0.2, -0.15) is 0 Å². The van der Waals surface area contributed by atoms with Gasteiger partial charge in [-0.1, -0.05) is 60.7 Å². The van der Waals surface area contributed by atoms with Crippen molar-refractivity contribution in [2.24, 2.45) is 0 Å². The first-order valence-corrected chi connectivity index (χ1v) is 7.78. The van der Waals surface area contributed by atoms with E-state index in [1.807, 2.05) is 47.2 Å². The van der Waals surface area contributed by atoms with Crippen LogP contribution in [0.2, 0.25) is 0 Å². The van der Waals surface area contributed by atoms with Gasteiger partial charge in [-0.15, -0.1) is 0 Å². The molecule has 2 aromatic carbocycles. The molecule has 0 spiro atoms. The number of benzene rings is 2. The van der Waals surface area contributed by atoms with E-state index in [9.17, 15) is 9.90 Å². The molecular formula is C19H19N3O2. The highest BCUT2D eigenvalue weighted by atomic mass is 16.3. The summed E-state index contributed by atoms with van der Waals surface area (Å²) in [7, 11) is 0. The predicted molar refractivity (Wildman–Crippen MR) is 91.0 cm³/mol. The highest BCUT2D eigenvalue weighted by Gasteiger charge is 2.17. The summed E-state index contributed by atoms with van der Waals surface area (Å²) in [5.74, 6) is 0.308. The third kappa shape index (κ3) is 3.88. The maximum atomic E-state index is 12.1. The summed E-state index contributed by atoms with van der Waals surface area (Å²) in [6.07, 6.45) is 2.41. The SMILES string of the molecule is O=C(NCc1nccn1Cc1ccccc1)C(O)c1ccccc1. The van der Waals surface area contributed by atoms with Crippen molar-refractivity contribution in [2.45, 2.75) is 19.2 Å². The summed E-state index contributed by atoms with van der Waals surface area (Å²) in [6, 6.07) is 18.9. The highest BCUT2D eigenvalue weighted by Crippen LogP contribution is 2.12. The van der Waals surface area contributed by atoms with E-state index in [0.29, 0.717) is 12.1 Å². The van der Waals surface area contributed by atoms with Crippen molar-refractivity contribution >= 4 is 5.91 Å². The Hall–Kier alpha value is -2.92. The molecule has 1 amide bonds. The van der Waals surface area contributed by atoms with Gasteiger partial charge in [0.15, 0.2) is 6.10 Å². The molecule has 1 aromatic heterocycles. The van der Waals surface area contributed by atoms with E-state index in [-0.39, 0.29) is 6.54 Å². The van der Waals surface area contributed by atoms with E-state index < -0.39 is 12.0 Å². The first-order valence-electron chi connectivity index (χ1n) is 7.78. The van der Waals surface area contributed by atoms with Crippen molar-refractivity contribution < 1.29 is 9.90 Å². The van der Waals surface area contributed by atoms with Crippen LogP contribution in [0.15, 0.2) is 73.1 Å². The molecule has 122 valence electrons. The summed E-state index contributed by atoms with van der Waals surface area (Å²) in [4.78, 5) is 16.4. The van der Waals surface area contributed by atoms with Gasteiger partial charge in [0.1, 0.15) is 5.82 Å². The topological polar surface area (TPSA) is 67.2 Å². The second kappa shape index (κ2) is 7.57. The van der Waals surface area contributed by atoms with E-state index in [1.54, 1.807) is 30.5 Å². The molecule has 3 rings (SSSR count). The number of nitrogens with one attached hydrogen (secondary N) is 1. The summed E-state index contributed by atoms with van der Waals surface area (Å²) < 4.78 is 1.98. The molecule has 0 aliphatic heterocycles. The fourth-order valence-corrected chi connectivity index (χ4v) is 2.48. The van der Waals surface area contributed by atoms with Gasteiger partial charge in [-0.3, -0.25) is 4.79 Å². The normalized spacial score (nSPS) is 11.9. The number of aromatic nitrogens is 2. The van der Waals surface area contributed by atoms with Gasteiger partial charge in [0.05, 0.1) is 6.54 Å². The predicted octanol–water partition coefficient (Wildman–Crippen LogP) is 2.28. The zero-order valence-electron chi connectivity index (χ0n) is 13.2. The van der Waals surface area contributed by atoms with Gasteiger partial charge in [0, 0.05) is 18.9 Å². The fraction of sp³-hybridized carbons (Fsp3) is 0.158. The van der Waals surface area contributed by atoms with Gasteiger partial charge in [0.2, 0.25) is 0 Å². The average Bonchev–Trinajstić information content (AvgIpc) is 3.07. The molecule has 0 aliphatic carbocycles. The summed E-state index contributed by atoms with van der Waals surface area (Å²) in [5, 5.41) is 12.8. The van der Waals surface area contributed by atoms with Crippen LogP contribution in [0.3, 0.4) is 0 Å². The Morgan fingerprint density at radius 1 is 1.08 bits per heavy atom. The number of hydrogen-bond acceptors (Lipinski definition) is 3. The first-order chi connectivity index (χ1) is 11.7. The molecule has 3 aromatic rings. The number of aliphatic hydroxyl groups is 1. The molecule has 1 atom stereocenters. The summed E-state index contributed by atoms with van der Waals surface area (Å²) >= 11 is 0. The van der Waals surface area contributed by atoms with Gasteiger partial charge in [0.25, 0.3) is 5.91 Å².